The Hall–Kier alpha value is -3.25. The molecule has 0 radical (unpaired) electrons. The van der Waals surface area contributed by atoms with Crippen LogP contribution in [0.2, 0.25) is 0 Å². The van der Waals surface area contributed by atoms with Crippen molar-refractivity contribution in [1.29, 1.82) is 0 Å². The van der Waals surface area contributed by atoms with Crippen molar-refractivity contribution in [3.05, 3.63) is 89.5 Å². The van der Waals surface area contributed by atoms with Gasteiger partial charge in [0.25, 0.3) is 5.91 Å². The Labute approximate surface area is 189 Å². The fourth-order valence-corrected chi connectivity index (χ4v) is 4.45. The Kier molecular flexibility index (Phi) is 7.12. The Balaban J connectivity index is 1.55. The van der Waals surface area contributed by atoms with Gasteiger partial charge in [-0.15, -0.1) is 0 Å². The molecule has 0 aliphatic carbocycles. The molecule has 1 aliphatic heterocycles. The highest BCUT2D eigenvalue weighted by atomic mass is 16.5. The summed E-state index contributed by atoms with van der Waals surface area (Å²) in [5, 5.41) is 3.27. The van der Waals surface area contributed by atoms with E-state index in [4.69, 9.17) is 4.74 Å². The van der Waals surface area contributed by atoms with Gasteiger partial charge in [0.15, 0.2) is 0 Å². The van der Waals surface area contributed by atoms with E-state index in [1.807, 2.05) is 48.7 Å². The molecular weight excluding hydrogens is 400 g/mol. The van der Waals surface area contributed by atoms with E-state index in [2.05, 4.69) is 33.2 Å². The Morgan fingerprint density at radius 1 is 1.12 bits per heavy atom. The number of ether oxygens (including phenoxy) is 1. The van der Waals surface area contributed by atoms with Crippen molar-refractivity contribution in [2.24, 2.45) is 5.92 Å². The van der Waals surface area contributed by atoms with Crippen LogP contribution in [0.15, 0.2) is 67.0 Å². The molecule has 32 heavy (non-hydrogen) atoms. The number of likely N-dealkylation sites (tertiary alicyclic amines) is 1. The number of amides is 1. The van der Waals surface area contributed by atoms with Gasteiger partial charge >= 0.3 is 0 Å². The molecule has 0 saturated carbocycles. The molecule has 4 rings (SSSR count). The molecule has 2 atom stereocenters. The van der Waals surface area contributed by atoms with E-state index in [0.717, 1.165) is 43.9 Å². The number of rotatable bonds is 7. The number of carbonyl (C=O) groups excluding carboxylic acids is 1. The number of benzene rings is 1. The van der Waals surface area contributed by atoms with E-state index in [1.54, 1.807) is 19.4 Å². The van der Waals surface area contributed by atoms with Crippen LogP contribution < -0.4 is 10.1 Å². The van der Waals surface area contributed by atoms with Gasteiger partial charge in [-0.05, 0) is 68.1 Å². The smallest absolute Gasteiger partial charge is 0.255 e. The lowest BCUT2D eigenvalue weighted by molar-refractivity contribution is 0.0871. The number of nitrogens with one attached hydrogen (secondary N) is 1. The zero-order valence-corrected chi connectivity index (χ0v) is 18.7. The molecule has 3 heterocycles. The molecule has 1 fully saturated rings. The molecule has 0 unspecified atom stereocenters. The number of pyridine rings is 2. The summed E-state index contributed by atoms with van der Waals surface area (Å²) in [6.45, 7) is 4.83. The summed E-state index contributed by atoms with van der Waals surface area (Å²) < 4.78 is 5.40. The van der Waals surface area contributed by atoms with E-state index >= 15 is 0 Å². The van der Waals surface area contributed by atoms with E-state index in [0.29, 0.717) is 11.3 Å². The van der Waals surface area contributed by atoms with Gasteiger partial charge in [-0.3, -0.25) is 19.7 Å². The first-order valence-corrected chi connectivity index (χ1v) is 11.1. The van der Waals surface area contributed by atoms with Crippen LogP contribution in [0, 0.1) is 12.8 Å². The minimum absolute atomic E-state index is 0.143. The molecule has 1 aliphatic rings. The zero-order chi connectivity index (χ0) is 22.3. The molecule has 6 heteroatoms. The third-order valence-electron chi connectivity index (χ3n) is 6.15. The maximum absolute atomic E-state index is 13.2. The van der Waals surface area contributed by atoms with Gasteiger partial charge in [-0.25, -0.2) is 0 Å². The monoisotopic (exact) mass is 430 g/mol. The summed E-state index contributed by atoms with van der Waals surface area (Å²) >= 11 is 0. The average Bonchev–Trinajstić information content (AvgIpc) is 2.84. The van der Waals surface area contributed by atoms with E-state index in [1.165, 1.54) is 5.56 Å². The third kappa shape index (κ3) is 5.14. The topological polar surface area (TPSA) is 67.3 Å². The predicted octanol–water partition coefficient (Wildman–Crippen LogP) is 4.18. The summed E-state index contributed by atoms with van der Waals surface area (Å²) in [5.41, 5.74) is 3.74. The van der Waals surface area contributed by atoms with Gasteiger partial charge in [0.2, 0.25) is 0 Å². The lowest BCUT2D eigenvalue weighted by atomic mass is 9.88. The Morgan fingerprint density at radius 3 is 2.72 bits per heavy atom. The Bertz CT molecular complexity index is 1040. The summed E-state index contributed by atoms with van der Waals surface area (Å²) in [4.78, 5) is 24.8. The van der Waals surface area contributed by atoms with Crippen molar-refractivity contribution in [2.75, 3.05) is 20.2 Å². The lowest BCUT2D eigenvalue weighted by Crippen LogP contribution is -2.43. The van der Waals surface area contributed by atoms with Crippen molar-refractivity contribution in [2.45, 2.75) is 32.4 Å². The van der Waals surface area contributed by atoms with Gasteiger partial charge in [-0.2, -0.15) is 0 Å². The second-order valence-corrected chi connectivity index (χ2v) is 8.31. The number of para-hydroxylation sites is 1. The Morgan fingerprint density at radius 2 is 1.94 bits per heavy atom. The van der Waals surface area contributed by atoms with Crippen LogP contribution in [-0.2, 0) is 6.54 Å². The normalized spacial score (nSPS) is 17.5. The minimum Gasteiger partial charge on any atom is -0.496 e. The number of methoxy groups -OCH3 is 1. The van der Waals surface area contributed by atoms with E-state index in [-0.39, 0.29) is 17.9 Å². The highest BCUT2D eigenvalue weighted by Gasteiger charge is 2.31. The molecule has 166 valence electrons. The summed E-state index contributed by atoms with van der Waals surface area (Å²) in [6.07, 6.45) is 5.75. The molecular formula is C26H30N4O2. The first-order chi connectivity index (χ1) is 15.7. The summed E-state index contributed by atoms with van der Waals surface area (Å²) in [5.74, 6) is 0.679. The zero-order valence-electron chi connectivity index (χ0n) is 18.7. The second-order valence-electron chi connectivity index (χ2n) is 8.31. The molecule has 1 aromatic carbocycles. The lowest BCUT2D eigenvalue weighted by Gasteiger charge is -2.37. The number of nitrogens with zero attached hydrogens (tertiary/aromatic N) is 3. The van der Waals surface area contributed by atoms with Crippen molar-refractivity contribution in [3.8, 4) is 5.75 Å². The van der Waals surface area contributed by atoms with Crippen molar-refractivity contribution in [1.82, 2.24) is 20.2 Å². The number of hydrogen-bond acceptors (Lipinski definition) is 5. The van der Waals surface area contributed by atoms with Gasteiger partial charge in [0.05, 0.1) is 30.1 Å². The largest absolute Gasteiger partial charge is 0.496 e. The second kappa shape index (κ2) is 10.4. The van der Waals surface area contributed by atoms with Crippen LogP contribution in [0.4, 0.5) is 0 Å². The van der Waals surface area contributed by atoms with E-state index < -0.39 is 0 Å². The average molecular weight is 431 g/mol. The maximum Gasteiger partial charge on any atom is 0.255 e. The molecule has 0 bridgehead atoms. The van der Waals surface area contributed by atoms with Crippen LogP contribution in [0.1, 0.15) is 46.2 Å². The number of carbonyl (C=O) groups is 1. The molecule has 1 saturated heterocycles. The fraction of sp³-hybridized carbons (Fsp3) is 0.346. The summed E-state index contributed by atoms with van der Waals surface area (Å²) in [6, 6.07) is 17.1. The minimum atomic E-state index is -0.179. The SMILES string of the molecule is COc1ccccc1C(=O)N[C@@H](c1ccccn1)[C@H]1CCCN(Cc2ncccc2C)C1. The van der Waals surface area contributed by atoms with Gasteiger partial charge in [0, 0.05) is 25.5 Å². The number of aryl methyl sites for hydroxylation is 1. The molecule has 1 amide bonds. The van der Waals surface area contributed by atoms with Crippen LogP contribution in [0.25, 0.3) is 0 Å². The highest BCUT2D eigenvalue weighted by Crippen LogP contribution is 2.30. The van der Waals surface area contributed by atoms with Crippen LogP contribution in [0.3, 0.4) is 0 Å². The number of piperidine rings is 1. The van der Waals surface area contributed by atoms with Crippen LogP contribution >= 0.6 is 0 Å². The quantitative estimate of drug-likeness (QED) is 0.609. The van der Waals surface area contributed by atoms with Crippen LogP contribution in [-0.4, -0.2) is 41.0 Å². The fourth-order valence-electron chi connectivity index (χ4n) is 4.45. The standard InChI is InChI=1S/C26H30N4O2/c1-19-9-7-15-28-23(19)18-30-16-8-10-20(17-30)25(22-12-5-6-14-27-22)29-26(31)21-11-3-4-13-24(21)32-2/h3-7,9,11-15,20,25H,8,10,16-18H2,1-2H3,(H,29,31)/t20-,25+/m0/s1. The van der Waals surface area contributed by atoms with Crippen molar-refractivity contribution < 1.29 is 9.53 Å². The van der Waals surface area contributed by atoms with Gasteiger partial charge in [0.1, 0.15) is 5.75 Å². The number of aromatic nitrogens is 2. The predicted molar refractivity (Wildman–Crippen MR) is 124 cm³/mol. The van der Waals surface area contributed by atoms with Crippen molar-refractivity contribution >= 4 is 5.91 Å². The molecule has 0 spiro atoms. The van der Waals surface area contributed by atoms with E-state index in [9.17, 15) is 4.79 Å². The first-order valence-electron chi connectivity index (χ1n) is 11.1. The van der Waals surface area contributed by atoms with Crippen LogP contribution in [0.5, 0.6) is 5.75 Å². The number of hydrogen-bond donors (Lipinski definition) is 1. The van der Waals surface area contributed by atoms with Crippen molar-refractivity contribution in [3.63, 3.8) is 0 Å². The first kappa shape index (κ1) is 22.0. The molecule has 3 aromatic rings. The molecule has 6 nitrogen and oxygen atoms in total. The highest BCUT2D eigenvalue weighted by molar-refractivity contribution is 5.97. The molecule has 2 aromatic heterocycles. The molecule has 1 N–H and O–H groups in total. The van der Waals surface area contributed by atoms with Gasteiger partial charge < -0.3 is 10.1 Å². The maximum atomic E-state index is 13.2. The third-order valence-corrected chi connectivity index (χ3v) is 6.15. The summed E-state index contributed by atoms with van der Waals surface area (Å²) in [7, 11) is 1.58. The van der Waals surface area contributed by atoms with Gasteiger partial charge in [-0.1, -0.05) is 24.3 Å².